The number of hydrogen-bond acceptors (Lipinski definition) is 5. The molecule has 1 aliphatic rings. The summed E-state index contributed by atoms with van der Waals surface area (Å²) in [5.74, 6) is 1.26. The highest BCUT2D eigenvalue weighted by molar-refractivity contribution is 7.99. The fraction of sp³-hybridized carbons (Fsp3) is 0.529. The van der Waals surface area contributed by atoms with Gasteiger partial charge in [-0.05, 0) is 80.5 Å². The maximum absolute atomic E-state index is 14.2. The van der Waals surface area contributed by atoms with Gasteiger partial charge in [0.2, 0.25) is 5.91 Å². The van der Waals surface area contributed by atoms with Crippen LogP contribution in [0.3, 0.4) is 0 Å². The molecule has 1 aromatic carbocycles. The van der Waals surface area contributed by atoms with Gasteiger partial charge in [0.05, 0.1) is 23.2 Å². The number of aryl methyl sites for hydroxylation is 1. The van der Waals surface area contributed by atoms with Crippen LogP contribution in [0, 0.1) is 0 Å². The van der Waals surface area contributed by atoms with Gasteiger partial charge in [0.1, 0.15) is 11.6 Å². The summed E-state index contributed by atoms with van der Waals surface area (Å²) in [6.45, 7) is 11.4. The minimum Gasteiger partial charge on any atom is -0.507 e. The van der Waals surface area contributed by atoms with Crippen molar-refractivity contribution in [3.63, 3.8) is 0 Å². The number of nitrogens with zero attached hydrogens (tertiary/aromatic N) is 2. The highest BCUT2D eigenvalue weighted by Crippen LogP contribution is 2.39. The Morgan fingerprint density at radius 2 is 1.85 bits per heavy atom. The highest BCUT2D eigenvalue weighted by Gasteiger charge is 2.30. The van der Waals surface area contributed by atoms with Gasteiger partial charge in [0.15, 0.2) is 0 Å². The summed E-state index contributed by atoms with van der Waals surface area (Å²) in [4.78, 5) is 23.1. The normalized spacial score (nSPS) is 18.1. The quantitative estimate of drug-likeness (QED) is 0.179. The minimum absolute atomic E-state index is 0.0495. The lowest BCUT2D eigenvalue weighted by Gasteiger charge is -2.27. The first-order valence-electron chi connectivity index (χ1n) is 15.1. The third-order valence-corrected chi connectivity index (χ3v) is 9.49. The molecule has 0 fully saturated rings. The minimum atomic E-state index is -0.372. The molecule has 4 nitrogen and oxygen atoms in total. The summed E-state index contributed by atoms with van der Waals surface area (Å²) in [6.07, 6.45) is 15.0. The highest BCUT2D eigenvalue weighted by atomic mass is 32.2. The Kier molecular flexibility index (Phi) is 13.6. The second-order valence-corrected chi connectivity index (χ2v) is 12.6. The first-order chi connectivity index (χ1) is 19.4. The smallest absolute Gasteiger partial charge is 0.235 e. The van der Waals surface area contributed by atoms with E-state index >= 15 is 0 Å². The van der Waals surface area contributed by atoms with Crippen molar-refractivity contribution in [1.82, 2.24) is 4.90 Å². The average molecular weight is 581 g/mol. The van der Waals surface area contributed by atoms with Crippen LogP contribution in [-0.2, 0) is 17.8 Å². The number of benzene rings is 1. The van der Waals surface area contributed by atoms with Gasteiger partial charge in [0, 0.05) is 11.3 Å². The largest absolute Gasteiger partial charge is 0.507 e. The zero-order valence-corrected chi connectivity index (χ0v) is 26.8. The maximum Gasteiger partial charge on any atom is 0.235 e. The van der Waals surface area contributed by atoms with Crippen LogP contribution in [0.2, 0.25) is 0 Å². The number of aromatic hydroxyl groups is 1. The van der Waals surface area contributed by atoms with Gasteiger partial charge < -0.3 is 5.11 Å². The summed E-state index contributed by atoms with van der Waals surface area (Å²) in [6, 6.07) is 8.15. The van der Waals surface area contributed by atoms with Crippen LogP contribution in [-0.4, -0.2) is 27.6 Å². The number of carbonyl (C=O) groups excluding carboxylic acids is 1. The molecular weight excluding hydrogens is 533 g/mol. The second-order valence-electron chi connectivity index (χ2n) is 10.6. The molecule has 1 unspecified atom stereocenters. The lowest BCUT2D eigenvalue weighted by Crippen LogP contribution is -2.39. The van der Waals surface area contributed by atoms with Crippen molar-refractivity contribution >= 4 is 34.8 Å². The summed E-state index contributed by atoms with van der Waals surface area (Å²) >= 11 is 3.21. The summed E-state index contributed by atoms with van der Waals surface area (Å²) in [7, 11) is 0. The number of hydrogen-bond donors (Lipinski definition) is 1. The number of unbranched alkanes of at least 4 members (excludes halogenated alkanes) is 2. The third kappa shape index (κ3) is 9.10. The molecule has 0 saturated carbocycles. The van der Waals surface area contributed by atoms with Crippen LogP contribution in [0.4, 0.5) is 0 Å². The number of phenolic OH excluding ortho intramolecular Hbond substituents is 1. The second kappa shape index (κ2) is 16.8. The molecule has 2 aromatic rings. The number of phenols is 1. The maximum atomic E-state index is 14.2. The number of allylic oxidation sites excluding steroid dienone is 3. The van der Waals surface area contributed by atoms with Gasteiger partial charge in [-0.1, -0.05) is 87.7 Å². The topological polar surface area (TPSA) is 52.9 Å². The van der Waals surface area contributed by atoms with Crippen LogP contribution >= 0.6 is 23.1 Å². The number of carbonyl (C=O) groups is 1. The van der Waals surface area contributed by atoms with Gasteiger partial charge in [0.25, 0.3) is 0 Å². The number of amides is 1. The Labute approximate surface area is 250 Å². The standard InChI is InChI=1S/C34H48N2O2S2/c1-6-10-15-28-20-30-25(5)34(38)36(23-29-18-13-19-39-29)32(35-24-40-33(30)31(37)21-28)22-27(9-4)17-12-11-16-26(8-3)14-7-2/h13,16-21,25,37H,6-12,14-15,22-24H2,1-5H3/b26-16-,27-17+,35-32-. The zero-order valence-electron chi connectivity index (χ0n) is 25.2. The molecule has 218 valence electrons. The number of rotatable bonds is 14. The molecule has 1 N–H and O–H groups in total. The first-order valence-corrected chi connectivity index (χ1v) is 17.0. The lowest BCUT2D eigenvalue weighted by molar-refractivity contribution is -0.129. The van der Waals surface area contributed by atoms with E-state index in [0.717, 1.165) is 71.7 Å². The SMILES string of the molecule is CCCCc1cc(O)c2c(c1)C(C)C(=O)N(Cc1cccs1)/C(C/C(=C/CC/C=C(/CC)CCC)CC)=N\CS2. The lowest BCUT2D eigenvalue weighted by atomic mass is 9.95. The number of amidine groups is 1. The van der Waals surface area contributed by atoms with Gasteiger partial charge in [-0.15, -0.1) is 11.3 Å². The molecule has 1 amide bonds. The zero-order chi connectivity index (χ0) is 28.9. The Morgan fingerprint density at radius 3 is 2.50 bits per heavy atom. The van der Waals surface area contributed by atoms with Crippen molar-refractivity contribution in [2.45, 2.75) is 116 Å². The summed E-state index contributed by atoms with van der Waals surface area (Å²) < 4.78 is 0. The Morgan fingerprint density at radius 1 is 1.10 bits per heavy atom. The molecule has 0 radical (unpaired) electrons. The van der Waals surface area contributed by atoms with Crippen molar-refractivity contribution in [3.05, 3.63) is 68.9 Å². The van der Waals surface area contributed by atoms with E-state index in [2.05, 4.69) is 57.4 Å². The average Bonchev–Trinajstić information content (AvgIpc) is 3.48. The third-order valence-electron chi connectivity index (χ3n) is 7.64. The van der Waals surface area contributed by atoms with Gasteiger partial charge in [-0.25, -0.2) is 0 Å². The van der Waals surface area contributed by atoms with Crippen molar-refractivity contribution in [1.29, 1.82) is 0 Å². The van der Waals surface area contributed by atoms with Crippen molar-refractivity contribution in [2.75, 3.05) is 5.88 Å². The van der Waals surface area contributed by atoms with Gasteiger partial charge in [-0.3, -0.25) is 14.7 Å². The summed E-state index contributed by atoms with van der Waals surface area (Å²) in [5, 5.41) is 13.0. The van der Waals surface area contributed by atoms with Gasteiger partial charge >= 0.3 is 0 Å². The Balaban J connectivity index is 1.91. The van der Waals surface area contributed by atoms with E-state index in [1.165, 1.54) is 18.4 Å². The van der Waals surface area contributed by atoms with Crippen LogP contribution in [0.1, 0.15) is 114 Å². The van der Waals surface area contributed by atoms with E-state index in [9.17, 15) is 9.90 Å². The van der Waals surface area contributed by atoms with Crippen LogP contribution in [0.15, 0.2) is 62.8 Å². The molecule has 1 aliphatic heterocycles. The number of fused-ring (bicyclic) bond motifs is 1. The van der Waals surface area contributed by atoms with E-state index in [1.54, 1.807) is 28.7 Å². The number of aliphatic imine (C=N–C) groups is 1. The monoisotopic (exact) mass is 580 g/mol. The predicted molar refractivity (Wildman–Crippen MR) is 174 cm³/mol. The molecule has 0 aliphatic carbocycles. The first kappa shape index (κ1) is 32.2. The predicted octanol–water partition coefficient (Wildman–Crippen LogP) is 10.0. The van der Waals surface area contributed by atoms with E-state index in [4.69, 9.17) is 4.99 Å². The molecule has 0 spiro atoms. The van der Waals surface area contributed by atoms with Crippen molar-refractivity contribution in [2.24, 2.45) is 4.99 Å². The molecule has 40 heavy (non-hydrogen) atoms. The van der Waals surface area contributed by atoms with Crippen LogP contribution in [0.25, 0.3) is 0 Å². The molecule has 2 heterocycles. The van der Waals surface area contributed by atoms with Crippen molar-refractivity contribution < 1.29 is 9.90 Å². The van der Waals surface area contributed by atoms with E-state index in [-0.39, 0.29) is 17.6 Å². The van der Waals surface area contributed by atoms with Crippen molar-refractivity contribution in [3.8, 4) is 5.75 Å². The number of thiophene rings is 1. The summed E-state index contributed by atoms with van der Waals surface area (Å²) in [5.41, 5.74) is 4.89. The van der Waals surface area contributed by atoms with E-state index in [0.29, 0.717) is 18.8 Å². The Bertz CT molecular complexity index is 1180. The van der Waals surface area contributed by atoms with Crippen LogP contribution < -0.4 is 0 Å². The molecule has 0 saturated heterocycles. The van der Waals surface area contributed by atoms with Gasteiger partial charge in [-0.2, -0.15) is 0 Å². The van der Waals surface area contributed by atoms with E-state index in [1.807, 2.05) is 24.0 Å². The molecule has 3 rings (SSSR count). The number of thioether (sulfide) groups is 1. The fourth-order valence-corrected chi connectivity index (χ4v) is 6.84. The van der Waals surface area contributed by atoms with Crippen LogP contribution in [0.5, 0.6) is 5.75 Å². The molecule has 6 heteroatoms. The molecule has 1 aromatic heterocycles. The Hall–Kier alpha value is -2.31. The molecule has 0 bridgehead atoms. The van der Waals surface area contributed by atoms with E-state index < -0.39 is 0 Å². The fourth-order valence-electron chi connectivity index (χ4n) is 5.19. The molecule has 1 atom stereocenters. The molecular formula is C34H48N2O2S2.